The second-order valence-corrected chi connectivity index (χ2v) is 5.52. The van der Waals surface area contributed by atoms with Crippen molar-refractivity contribution < 1.29 is 9.53 Å². The maximum Gasteiger partial charge on any atom is 0.254 e. The van der Waals surface area contributed by atoms with Crippen LogP contribution in [0.3, 0.4) is 0 Å². The number of para-hydroxylation sites is 1. The first-order valence-corrected chi connectivity index (χ1v) is 7.58. The number of hydrogen-bond acceptors (Lipinski definition) is 6. The van der Waals surface area contributed by atoms with Gasteiger partial charge in [0, 0.05) is 18.9 Å². The number of methoxy groups -OCH3 is 1. The summed E-state index contributed by atoms with van der Waals surface area (Å²) in [7, 11) is 1.61. The summed E-state index contributed by atoms with van der Waals surface area (Å²) in [5.74, 6) is 1.17. The molecule has 122 valence electrons. The standard InChI is InChI=1S/C16H16N6O2/c1-24-9-11-7-14(22-16(19-11)17-10-18-22)20-13-8-21(15(13)23)12-5-3-2-4-6-12/h2-7,10,13,20H,8-9H2,1H3. The lowest BCUT2D eigenvalue weighted by molar-refractivity contribution is -0.123. The number of nitrogens with one attached hydrogen (secondary N) is 1. The molecule has 1 N–H and O–H groups in total. The predicted octanol–water partition coefficient (Wildman–Crippen LogP) is 1.10. The molecule has 0 radical (unpaired) electrons. The number of rotatable bonds is 5. The second kappa shape index (κ2) is 5.89. The highest BCUT2D eigenvalue weighted by molar-refractivity contribution is 6.05. The van der Waals surface area contributed by atoms with E-state index in [1.165, 1.54) is 6.33 Å². The number of hydrogen-bond donors (Lipinski definition) is 1. The first-order valence-electron chi connectivity index (χ1n) is 7.58. The van der Waals surface area contributed by atoms with Crippen LogP contribution in [0.25, 0.3) is 5.78 Å². The van der Waals surface area contributed by atoms with E-state index >= 15 is 0 Å². The monoisotopic (exact) mass is 324 g/mol. The van der Waals surface area contributed by atoms with Gasteiger partial charge in [-0.15, -0.1) is 0 Å². The van der Waals surface area contributed by atoms with Crippen molar-refractivity contribution >= 4 is 23.2 Å². The third kappa shape index (κ3) is 2.46. The Bertz CT molecular complexity index is 879. The summed E-state index contributed by atoms with van der Waals surface area (Å²) in [5, 5.41) is 7.38. The molecular formula is C16H16N6O2. The van der Waals surface area contributed by atoms with E-state index in [1.807, 2.05) is 36.4 Å². The molecule has 3 heterocycles. The van der Waals surface area contributed by atoms with E-state index in [-0.39, 0.29) is 11.9 Å². The van der Waals surface area contributed by atoms with Gasteiger partial charge in [0.05, 0.1) is 18.8 Å². The van der Waals surface area contributed by atoms with Crippen molar-refractivity contribution in [3.05, 3.63) is 48.4 Å². The summed E-state index contributed by atoms with van der Waals surface area (Å²) < 4.78 is 6.71. The molecule has 0 spiro atoms. The van der Waals surface area contributed by atoms with Gasteiger partial charge in [-0.1, -0.05) is 18.2 Å². The van der Waals surface area contributed by atoms with Crippen LogP contribution in [0.5, 0.6) is 0 Å². The molecule has 24 heavy (non-hydrogen) atoms. The van der Waals surface area contributed by atoms with Crippen LogP contribution < -0.4 is 10.2 Å². The quantitative estimate of drug-likeness (QED) is 0.708. The number of amides is 1. The molecule has 4 rings (SSSR count). The normalized spacial score (nSPS) is 17.1. The summed E-state index contributed by atoms with van der Waals surface area (Å²) in [6.07, 6.45) is 1.43. The van der Waals surface area contributed by atoms with Crippen LogP contribution in [0.4, 0.5) is 11.5 Å². The highest BCUT2D eigenvalue weighted by atomic mass is 16.5. The van der Waals surface area contributed by atoms with E-state index in [0.29, 0.717) is 24.7 Å². The fourth-order valence-corrected chi connectivity index (χ4v) is 2.74. The molecule has 1 atom stereocenters. The summed E-state index contributed by atoms with van der Waals surface area (Å²) in [5.41, 5.74) is 1.63. The molecule has 0 aliphatic carbocycles. The van der Waals surface area contributed by atoms with Gasteiger partial charge in [0.25, 0.3) is 11.7 Å². The number of β-lactam (4-membered cyclic amide) rings is 1. The van der Waals surface area contributed by atoms with E-state index < -0.39 is 0 Å². The number of carbonyl (C=O) groups excluding carboxylic acids is 1. The number of anilines is 2. The average molecular weight is 324 g/mol. The smallest absolute Gasteiger partial charge is 0.254 e. The number of carbonyl (C=O) groups is 1. The molecule has 1 aliphatic heterocycles. The Kier molecular flexibility index (Phi) is 3.58. The molecular weight excluding hydrogens is 308 g/mol. The topological polar surface area (TPSA) is 84.7 Å². The van der Waals surface area contributed by atoms with Crippen LogP contribution in [0, 0.1) is 0 Å². The Morgan fingerprint density at radius 2 is 2.17 bits per heavy atom. The van der Waals surface area contributed by atoms with E-state index in [1.54, 1.807) is 16.5 Å². The number of nitrogens with zero attached hydrogens (tertiary/aromatic N) is 5. The summed E-state index contributed by atoms with van der Waals surface area (Å²) in [4.78, 5) is 22.6. The van der Waals surface area contributed by atoms with Gasteiger partial charge in [-0.05, 0) is 12.1 Å². The van der Waals surface area contributed by atoms with Crippen LogP contribution in [-0.2, 0) is 16.1 Å². The molecule has 8 heteroatoms. The lowest BCUT2D eigenvalue weighted by Crippen LogP contribution is -2.60. The maximum absolute atomic E-state index is 12.4. The zero-order valence-corrected chi connectivity index (χ0v) is 13.1. The minimum atomic E-state index is -0.296. The lowest BCUT2D eigenvalue weighted by atomic mass is 10.1. The Labute approximate surface area is 138 Å². The highest BCUT2D eigenvalue weighted by Gasteiger charge is 2.38. The van der Waals surface area contributed by atoms with Gasteiger partial charge in [0.15, 0.2) is 0 Å². The molecule has 8 nitrogen and oxygen atoms in total. The molecule has 1 saturated heterocycles. The third-order valence-corrected chi connectivity index (χ3v) is 3.92. The molecule has 3 aromatic rings. The van der Waals surface area contributed by atoms with E-state index in [2.05, 4.69) is 20.4 Å². The van der Waals surface area contributed by atoms with Crippen molar-refractivity contribution in [2.45, 2.75) is 12.6 Å². The van der Waals surface area contributed by atoms with Gasteiger partial charge in [-0.25, -0.2) is 4.98 Å². The minimum Gasteiger partial charge on any atom is -0.378 e. The third-order valence-electron chi connectivity index (χ3n) is 3.92. The van der Waals surface area contributed by atoms with Gasteiger partial charge >= 0.3 is 0 Å². The molecule has 0 saturated carbocycles. The number of benzene rings is 1. The summed E-state index contributed by atoms with van der Waals surface area (Å²) >= 11 is 0. The fourth-order valence-electron chi connectivity index (χ4n) is 2.74. The van der Waals surface area contributed by atoms with Crippen LogP contribution in [0.1, 0.15) is 5.69 Å². The van der Waals surface area contributed by atoms with Crippen molar-refractivity contribution in [3.8, 4) is 0 Å². The van der Waals surface area contributed by atoms with Gasteiger partial charge in [-0.3, -0.25) is 4.79 Å². The van der Waals surface area contributed by atoms with E-state index in [0.717, 1.165) is 11.4 Å². The Balaban J connectivity index is 1.55. The van der Waals surface area contributed by atoms with Crippen molar-refractivity contribution in [2.24, 2.45) is 0 Å². The van der Waals surface area contributed by atoms with Crippen LogP contribution in [0.2, 0.25) is 0 Å². The molecule has 1 amide bonds. The minimum absolute atomic E-state index is 0.0274. The largest absolute Gasteiger partial charge is 0.378 e. The van der Waals surface area contributed by atoms with Crippen LogP contribution in [0.15, 0.2) is 42.7 Å². The van der Waals surface area contributed by atoms with E-state index in [4.69, 9.17) is 4.74 Å². The predicted molar refractivity (Wildman–Crippen MR) is 87.7 cm³/mol. The molecule has 2 aromatic heterocycles. The van der Waals surface area contributed by atoms with Crippen molar-refractivity contribution in [2.75, 3.05) is 23.9 Å². The number of aromatic nitrogens is 4. The first-order chi connectivity index (χ1) is 11.8. The molecule has 1 fully saturated rings. The van der Waals surface area contributed by atoms with Crippen LogP contribution >= 0.6 is 0 Å². The molecule has 1 aliphatic rings. The Morgan fingerprint density at radius 1 is 1.33 bits per heavy atom. The van der Waals surface area contributed by atoms with Gasteiger partial charge in [0.2, 0.25) is 0 Å². The molecule has 1 aromatic carbocycles. The fraction of sp³-hybridized carbons (Fsp3) is 0.250. The van der Waals surface area contributed by atoms with E-state index in [9.17, 15) is 4.79 Å². The zero-order chi connectivity index (χ0) is 16.5. The summed E-state index contributed by atoms with van der Waals surface area (Å²) in [6, 6.07) is 11.1. The first kappa shape index (κ1) is 14.6. The maximum atomic E-state index is 12.4. The van der Waals surface area contributed by atoms with Crippen molar-refractivity contribution in [1.82, 2.24) is 19.6 Å². The number of ether oxygens (including phenoxy) is 1. The van der Waals surface area contributed by atoms with Gasteiger partial charge < -0.3 is 15.0 Å². The Morgan fingerprint density at radius 3 is 2.92 bits per heavy atom. The van der Waals surface area contributed by atoms with Crippen LogP contribution in [-0.4, -0.2) is 45.2 Å². The highest BCUT2D eigenvalue weighted by Crippen LogP contribution is 2.24. The average Bonchev–Trinajstić information content (AvgIpc) is 3.07. The van der Waals surface area contributed by atoms with Crippen molar-refractivity contribution in [3.63, 3.8) is 0 Å². The van der Waals surface area contributed by atoms with Gasteiger partial charge in [0.1, 0.15) is 18.2 Å². The summed E-state index contributed by atoms with van der Waals surface area (Å²) in [6.45, 7) is 0.966. The SMILES string of the molecule is COCc1cc(NC2CN(c3ccccc3)C2=O)n2ncnc2n1. The number of fused-ring (bicyclic) bond motifs is 1. The molecule has 0 bridgehead atoms. The lowest BCUT2D eigenvalue weighted by Gasteiger charge is -2.39. The second-order valence-electron chi connectivity index (χ2n) is 5.52. The Hall–Kier alpha value is -3.00. The zero-order valence-electron chi connectivity index (χ0n) is 13.1. The van der Waals surface area contributed by atoms with Crippen molar-refractivity contribution in [1.29, 1.82) is 0 Å². The molecule has 1 unspecified atom stereocenters. The van der Waals surface area contributed by atoms with Gasteiger partial charge in [-0.2, -0.15) is 14.6 Å².